The normalized spacial score (nSPS) is 22.1. The Hall–Kier alpha value is -1.59. The zero-order chi connectivity index (χ0) is 17.8. The summed E-state index contributed by atoms with van der Waals surface area (Å²) in [7, 11) is 0. The van der Waals surface area contributed by atoms with E-state index in [-0.39, 0.29) is 6.42 Å². The van der Waals surface area contributed by atoms with Crippen molar-refractivity contribution in [3.63, 3.8) is 0 Å². The Morgan fingerprint density at radius 2 is 1.64 bits per heavy atom. The molecule has 1 aliphatic rings. The minimum Gasteiger partial charge on any atom is -0.466 e. The van der Waals surface area contributed by atoms with E-state index in [0.717, 1.165) is 0 Å². The fourth-order valence-corrected chi connectivity index (χ4v) is 2.62. The van der Waals surface area contributed by atoms with Crippen molar-refractivity contribution in [3.8, 4) is 0 Å². The predicted molar refractivity (Wildman–Crippen MR) is 78.9 cm³/mol. The van der Waals surface area contributed by atoms with Crippen LogP contribution >= 0.6 is 0 Å². The van der Waals surface area contributed by atoms with Gasteiger partial charge in [0.15, 0.2) is 5.41 Å². The molecule has 0 bridgehead atoms. The van der Waals surface area contributed by atoms with Crippen molar-refractivity contribution < 1.29 is 30.0 Å². The van der Waals surface area contributed by atoms with E-state index in [1.54, 1.807) is 27.7 Å². The molecule has 2 atom stereocenters. The van der Waals surface area contributed by atoms with E-state index in [1.807, 2.05) is 0 Å². The second kappa shape index (κ2) is 7.61. The Balaban J connectivity index is 3.18. The molecular formula is C16H26O6. The Labute approximate surface area is 132 Å². The van der Waals surface area contributed by atoms with Crippen LogP contribution in [0.15, 0.2) is 0 Å². The van der Waals surface area contributed by atoms with Crippen molar-refractivity contribution in [2.45, 2.75) is 66.1 Å². The summed E-state index contributed by atoms with van der Waals surface area (Å²) in [6, 6.07) is 0. The first-order valence-electron chi connectivity index (χ1n) is 8.20. The van der Waals surface area contributed by atoms with Crippen LogP contribution in [0.2, 0.25) is 0 Å². The predicted octanol–water partition coefficient (Wildman–Crippen LogP) is 2.24. The number of esters is 3. The Morgan fingerprint density at radius 3 is 2.05 bits per heavy atom. The summed E-state index contributed by atoms with van der Waals surface area (Å²) >= 11 is 0. The van der Waals surface area contributed by atoms with Crippen molar-refractivity contribution in [1.82, 2.24) is 0 Å². The van der Waals surface area contributed by atoms with Crippen molar-refractivity contribution in [3.05, 3.63) is 0 Å². The molecular weight excluding hydrogens is 288 g/mol. The molecule has 22 heavy (non-hydrogen) atoms. The van der Waals surface area contributed by atoms with E-state index in [4.69, 9.17) is 15.6 Å². The van der Waals surface area contributed by atoms with Gasteiger partial charge < -0.3 is 14.2 Å². The van der Waals surface area contributed by atoms with E-state index < -0.39 is 48.0 Å². The molecule has 0 aromatic carbocycles. The van der Waals surface area contributed by atoms with Gasteiger partial charge >= 0.3 is 17.9 Å². The first-order chi connectivity index (χ1) is 10.6. The number of carbonyl (C=O) groups is 3. The summed E-state index contributed by atoms with van der Waals surface area (Å²) in [4.78, 5) is 36.5. The molecule has 0 saturated heterocycles. The van der Waals surface area contributed by atoms with Gasteiger partial charge in [0, 0.05) is 12.8 Å². The molecule has 0 radical (unpaired) electrons. The van der Waals surface area contributed by atoms with E-state index in [9.17, 15) is 14.4 Å². The van der Waals surface area contributed by atoms with Gasteiger partial charge in [-0.3, -0.25) is 14.4 Å². The first-order valence-corrected chi connectivity index (χ1v) is 7.63. The molecule has 0 aromatic rings. The third-order valence-corrected chi connectivity index (χ3v) is 3.53. The van der Waals surface area contributed by atoms with Crippen molar-refractivity contribution >= 4 is 17.9 Å². The van der Waals surface area contributed by atoms with Gasteiger partial charge in [0.1, 0.15) is 0 Å². The van der Waals surface area contributed by atoms with Gasteiger partial charge in [-0.05, 0) is 40.5 Å². The van der Waals surface area contributed by atoms with Crippen LogP contribution in [0.4, 0.5) is 0 Å². The molecule has 1 rings (SSSR count). The van der Waals surface area contributed by atoms with Crippen molar-refractivity contribution in [2.24, 2.45) is 11.3 Å². The summed E-state index contributed by atoms with van der Waals surface area (Å²) in [5.74, 6) is -2.81. The minimum atomic E-state index is -1.59. The van der Waals surface area contributed by atoms with Gasteiger partial charge in [-0.2, -0.15) is 0 Å². The number of rotatable bonds is 6. The molecule has 0 amide bonds. The molecule has 0 aromatic heterocycles. The zero-order valence-corrected chi connectivity index (χ0v) is 13.9. The molecule has 0 N–H and O–H groups in total. The third kappa shape index (κ3) is 4.21. The monoisotopic (exact) mass is 315 g/mol. The molecule has 1 fully saturated rings. The highest BCUT2D eigenvalue weighted by molar-refractivity contribution is 6.01. The maximum atomic E-state index is 12.7. The molecule has 0 unspecified atom stereocenters. The Kier molecular flexibility index (Phi) is 5.80. The highest BCUT2D eigenvalue weighted by Gasteiger charge is 2.58. The van der Waals surface area contributed by atoms with Crippen LogP contribution in [-0.2, 0) is 28.6 Å². The number of hydrogen-bond acceptors (Lipinski definition) is 6. The zero-order valence-electron chi connectivity index (χ0n) is 14.9. The number of hydrogen-bond donors (Lipinski definition) is 0. The Bertz CT molecular complexity index is 437. The van der Waals surface area contributed by atoms with Crippen LogP contribution < -0.4 is 0 Å². The van der Waals surface area contributed by atoms with Gasteiger partial charge in [-0.1, -0.05) is 6.42 Å². The topological polar surface area (TPSA) is 78.9 Å². The van der Waals surface area contributed by atoms with Crippen LogP contribution in [0.3, 0.4) is 0 Å². The lowest BCUT2D eigenvalue weighted by molar-refractivity contribution is -0.182. The maximum absolute atomic E-state index is 12.7. The number of ether oxygens (including phenoxy) is 3. The van der Waals surface area contributed by atoms with Crippen LogP contribution in [-0.4, -0.2) is 36.7 Å². The lowest BCUT2D eigenvalue weighted by Crippen LogP contribution is -2.47. The third-order valence-electron chi connectivity index (χ3n) is 3.53. The molecule has 126 valence electrons. The average Bonchev–Trinajstić information content (AvgIpc) is 2.81. The molecule has 0 spiro atoms. The first kappa shape index (κ1) is 16.8. The van der Waals surface area contributed by atoms with Crippen LogP contribution in [0.1, 0.15) is 55.3 Å². The largest absolute Gasteiger partial charge is 0.466 e. The lowest BCUT2D eigenvalue weighted by Gasteiger charge is -2.32. The van der Waals surface area contributed by atoms with Gasteiger partial charge in [-0.15, -0.1) is 0 Å². The van der Waals surface area contributed by atoms with E-state index in [0.29, 0.717) is 12.8 Å². The molecule has 6 nitrogen and oxygen atoms in total. The maximum Gasteiger partial charge on any atom is 0.324 e. The molecule has 6 heteroatoms. The van der Waals surface area contributed by atoms with Gasteiger partial charge in [0.05, 0.1) is 20.2 Å². The van der Waals surface area contributed by atoms with E-state index >= 15 is 0 Å². The standard InChI is InChI=1S/C16H26O6/c1-10(2)21-14(18)16(15(19)22-11(3)4)8-6-7-13(16)9-20-12(5)17/h10-11,13H,6-9H2,1-5H3/t13-/m1/s1/i9D/t9-,13+/m0. The van der Waals surface area contributed by atoms with Gasteiger partial charge in [0.2, 0.25) is 0 Å². The van der Waals surface area contributed by atoms with E-state index in [2.05, 4.69) is 0 Å². The highest BCUT2D eigenvalue weighted by atomic mass is 16.6. The quantitative estimate of drug-likeness (QED) is 0.425. The fourth-order valence-electron chi connectivity index (χ4n) is 2.62. The van der Waals surface area contributed by atoms with Crippen molar-refractivity contribution in [2.75, 3.05) is 6.58 Å². The number of carbonyl (C=O) groups excluding carboxylic acids is 3. The highest BCUT2D eigenvalue weighted by Crippen LogP contribution is 2.46. The smallest absolute Gasteiger partial charge is 0.324 e. The Morgan fingerprint density at radius 1 is 1.14 bits per heavy atom. The van der Waals surface area contributed by atoms with Crippen LogP contribution in [0.5, 0.6) is 0 Å². The SMILES string of the molecule is [2H][C@H](OC(C)=O)[C@H]1CCCC1(C(=O)OC(C)C)C(=O)OC(C)C. The second-order valence-corrected chi connectivity index (χ2v) is 6.12. The summed E-state index contributed by atoms with van der Waals surface area (Å²) < 4.78 is 23.5. The second-order valence-electron chi connectivity index (χ2n) is 6.12. The van der Waals surface area contributed by atoms with Crippen LogP contribution in [0, 0.1) is 11.3 Å². The summed E-state index contributed by atoms with van der Waals surface area (Å²) in [6.45, 7) is 6.63. The molecule has 1 aliphatic carbocycles. The van der Waals surface area contributed by atoms with Crippen LogP contribution in [0.25, 0.3) is 0 Å². The van der Waals surface area contributed by atoms with Gasteiger partial charge in [-0.25, -0.2) is 0 Å². The lowest BCUT2D eigenvalue weighted by atomic mass is 9.78. The van der Waals surface area contributed by atoms with Gasteiger partial charge in [0.25, 0.3) is 0 Å². The summed E-state index contributed by atoms with van der Waals surface area (Å²) in [5, 5.41) is 0. The molecule has 0 heterocycles. The molecule has 1 saturated carbocycles. The molecule has 0 aliphatic heterocycles. The average molecular weight is 315 g/mol. The van der Waals surface area contributed by atoms with Crippen molar-refractivity contribution in [1.29, 1.82) is 0 Å². The minimum absolute atomic E-state index is 0.228. The summed E-state index contributed by atoms with van der Waals surface area (Å²) in [5.41, 5.74) is -1.59. The summed E-state index contributed by atoms with van der Waals surface area (Å²) in [6.07, 6.45) is 0.408. The fraction of sp³-hybridized carbons (Fsp3) is 0.812. The van der Waals surface area contributed by atoms with E-state index in [1.165, 1.54) is 6.92 Å².